The molecule has 2 aromatic carbocycles. The molecular weight excluding hydrogens is 343 g/mol. The topological polar surface area (TPSA) is 56.4 Å². The molecule has 0 aliphatic carbocycles. The Balaban J connectivity index is 1.74. The van der Waals surface area contributed by atoms with Gasteiger partial charge in [-0.25, -0.2) is 9.82 Å². The molecule has 0 fully saturated rings. The van der Waals surface area contributed by atoms with Gasteiger partial charge in [0.2, 0.25) is 0 Å². The zero-order valence-electron chi connectivity index (χ0n) is 15.4. The quantitative estimate of drug-likeness (QED) is 0.725. The maximum atomic E-state index is 13.1. The molecule has 1 amide bonds. The van der Waals surface area contributed by atoms with E-state index in [0.29, 0.717) is 17.9 Å². The van der Waals surface area contributed by atoms with Gasteiger partial charge in [-0.3, -0.25) is 9.80 Å². The molecule has 3 N–H and O–H groups in total. The summed E-state index contributed by atoms with van der Waals surface area (Å²) < 4.78 is 13.1. The molecule has 0 bridgehead atoms. The Morgan fingerprint density at radius 3 is 2.74 bits per heavy atom. The molecule has 6 heteroatoms. The third-order valence-electron chi connectivity index (χ3n) is 4.30. The molecule has 27 heavy (non-hydrogen) atoms. The van der Waals surface area contributed by atoms with Crippen LogP contribution >= 0.6 is 0 Å². The van der Waals surface area contributed by atoms with Crippen LogP contribution in [0.5, 0.6) is 0 Å². The van der Waals surface area contributed by atoms with E-state index >= 15 is 0 Å². The van der Waals surface area contributed by atoms with Gasteiger partial charge in [0, 0.05) is 17.4 Å². The molecule has 0 saturated heterocycles. The second-order valence-corrected chi connectivity index (χ2v) is 6.51. The van der Waals surface area contributed by atoms with Gasteiger partial charge in [0.05, 0.1) is 6.54 Å². The number of benzene rings is 2. The van der Waals surface area contributed by atoms with Crippen molar-refractivity contribution in [2.45, 2.75) is 26.4 Å². The van der Waals surface area contributed by atoms with Crippen LogP contribution < -0.4 is 16.1 Å². The van der Waals surface area contributed by atoms with Crippen molar-refractivity contribution in [1.29, 1.82) is 0 Å². The number of carbonyl (C=O) groups is 1. The number of anilines is 2. The fraction of sp³-hybridized carbons (Fsp3) is 0.190. The van der Waals surface area contributed by atoms with Crippen molar-refractivity contribution >= 4 is 17.3 Å². The van der Waals surface area contributed by atoms with E-state index in [9.17, 15) is 9.18 Å². The summed E-state index contributed by atoms with van der Waals surface area (Å²) in [6, 6.07) is 11.9. The van der Waals surface area contributed by atoms with E-state index in [1.807, 2.05) is 38.1 Å². The number of hydrogen-bond acceptors (Lipinski definition) is 4. The smallest absolute Gasteiger partial charge is 0.273 e. The molecule has 0 saturated carbocycles. The average molecular weight is 366 g/mol. The van der Waals surface area contributed by atoms with Crippen LogP contribution in [0, 0.1) is 12.7 Å². The summed E-state index contributed by atoms with van der Waals surface area (Å²) in [5.74, 6) is -0.485. The van der Waals surface area contributed by atoms with E-state index in [-0.39, 0.29) is 17.8 Å². The SMILES string of the molecule is C=CNc1cc(NC(=O)C2=CC(C)NN2Cc2ccc(F)cc2)ccc1C. The van der Waals surface area contributed by atoms with Gasteiger partial charge in [0.15, 0.2) is 0 Å². The second-order valence-electron chi connectivity index (χ2n) is 6.51. The minimum absolute atomic E-state index is 0.0298. The van der Waals surface area contributed by atoms with Crippen LogP contribution in [0.2, 0.25) is 0 Å². The average Bonchev–Trinajstić information content (AvgIpc) is 3.00. The first kappa shape index (κ1) is 18.7. The van der Waals surface area contributed by atoms with E-state index in [1.54, 1.807) is 23.3 Å². The molecule has 2 aromatic rings. The maximum Gasteiger partial charge on any atom is 0.273 e. The van der Waals surface area contributed by atoms with Crippen molar-refractivity contribution in [1.82, 2.24) is 10.4 Å². The lowest BCUT2D eigenvalue weighted by Gasteiger charge is -2.23. The normalized spacial score (nSPS) is 16.0. The number of aryl methyl sites for hydroxylation is 1. The van der Waals surface area contributed by atoms with E-state index in [4.69, 9.17) is 0 Å². The van der Waals surface area contributed by atoms with Crippen molar-refractivity contribution in [3.05, 3.63) is 84.0 Å². The van der Waals surface area contributed by atoms with Crippen molar-refractivity contribution in [3.63, 3.8) is 0 Å². The Kier molecular flexibility index (Phi) is 5.57. The van der Waals surface area contributed by atoms with Crippen molar-refractivity contribution < 1.29 is 9.18 Å². The molecule has 0 spiro atoms. The summed E-state index contributed by atoms with van der Waals surface area (Å²) in [5.41, 5.74) is 7.31. The molecule has 3 rings (SSSR count). The number of halogens is 1. The molecule has 1 atom stereocenters. The summed E-state index contributed by atoms with van der Waals surface area (Å²) in [7, 11) is 0. The zero-order chi connectivity index (χ0) is 19.4. The zero-order valence-corrected chi connectivity index (χ0v) is 15.4. The number of nitrogens with zero attached hydrogens (tertiary/aromatic N) is 1. The number of carbonyl (C=O) groups excluding carboxylic acids is 1. The van der Waals surface area contributed by atoms with E-state index in [2.05, 4.69) is 22.6 Å². The molecular formula is C21H23FN4O. The van der Waals surface area contributed by atoms with Crippen LogP contribution in [0.3, 0.4) is 0 Å². The Hall–Kier alpha value is -3.12. The molecule has 5 nitrogen and oxygen atoms in total. The van der Waals surface area contributed by atoms with Gasteiger partial charge >= 0.3 is 0 Å². The van der Waals surface area contributed by atoms with Crippen LogP contribution in [0.15, 0.2) is 67.0 Å². The Bertz CT molecular complexity index is 876. The van der Waals surface area contributed by atoms with Gasteiger partial charge in [-0.2, -0.15) is 0 Å². The number of hydrazine groups is 1. The lowest BCUT2D eigenvalue weighted by Crippen LogP contribution is -2.38. The van der Waals surface area contributed by atoms with Crippen molar-refractivity contribution in [2.75, 3.05) is 10.6 Å². The van der Waals surface area contributed by atoms with Crippen molar-refractivity contribution in [3.8, 4) is 0 Å². The van der Waals surface area contributed by atoms with Crippen molar-refractivity contribution in [2.24, 2.45) is 0 Å². The van der Waals surface area contributed by atoms with Gasteiger partial charge in [0.25, 0.3) is 5.91 Å². The highest BCUT2D eigenvalue weighted by molar-refractivity contribution is 6.03. The molecule has 0 aromatic heterocycles. The summed E-state index contributed by atoms with van der Waals surface area (Å²) in [6.45, 7) is 8.07. The van der Waals surface area contributed by atoms with Crippen LogP contribution in [0.1, 0.15) is 18.1 Å². The monoisotopic (exact) mass is 366 g/mol. The lowest BCUT2D eigenvalue weighted by atomic mass is 10.1. The molecule has 1 aliphatic rings. The minimum atomic E-state index is -0.279. The van der Waals surface area contributed by atoms with Gasteiger partial charge in [-0.05, 0) is 61.5 Å². The molecule has 140 valence electrons. The van der Waals surface area contributed by atoms with E-state index in [0.717, 1.165) is 16.8 Å². The highest BCUT2D eigenvalue weighted by Crippen LogP contribution is 2.22. The van der Waals surface area contributed by atoms with Crippen LogP contribution in [-0.4, -0.2) is 17.0 Å². The lowest BCUT2D eigenvalue weighted by molar-refractivity contribution is -0.114. The van der Waals surface area contributed by atoms with Crippen LogP contribution in [0.25, 0.3) is 0 Å². The largest absolute Gasteiger partial charge is 0.362 e. The van der Waals surface area contributed by atoms with E-state index < -0.39 is 0 Å². The van der Waals surface area contributed by atoms with Gasteiger partial charge in [0.1, 0.15) is 11.5 Å². The third kappa shape index (κ3) is 4.54. The summed E-state index contributed by atoms with van der Waals surface area (Å²) in [4.78, 5) is 12.8. The first-order valence-electron chi connectivity index (χ1n) is 8.75. The summed E-state index contributed by atoms with van der Waals surface area (Å²) in [5, 5.41) is 7.77. The number of rotatable bonds is 6. The first-order valence-corrected chi connectivity index (χ1v) is 8.75. The fourth-order valence-corrected chi connectivity index (χ4v) is 2.94. The highest BCUT2D eigenvalue weighted by atomic mass is 19.1. The fourth-order valence-electron chi connectivity index (χ4n) is 2.94. The minimum Gasteiger partial charge on any atom is -0.362 e. The van der Waals surface area contributed by atoms with Crippen LogP contribution in [0.4, 0.5) is 15.8 Å². The molecule has 0 radical (unpaired) electrons. The van der Waals surface area contributed by atoms with Crippen LogP contribution in [-0.2, 0) is 11.3 Å². The second kappa shape index (κ2) is 8.05. The standard InChI is InChI=1S/C21H23FN4O/c1-4-23-19-12-18(10-5-14(19)2)24-21(27)20-11-15(3)25-26(20)13-16-6-8-17(22)9-7-16/h4-12,15,23,25H,1,13H2,2-3H3,(H,24,27). The Morgan fingerprint density at radius 2 is 2.04 bits per heavy atom. The van der Waals surface area contributed by atoms with Gasteiger partial charge in [-0.15, -0.1) is 0 Å². The predicted octanol–water partition coefficient (Wildman–Crippen LogP) is 3.92. The maximum absolute atomic E-state index is 13.1. The number of nitrogens with one attached hydrogen (secondary N) is 3. The van der Waals surface area contributed by atoms with E-state index in [1.165, 1.54) is 12.1 Å². The summed E-state index contributed by atoms with van der Waals surface area (Å²) in [6.07, 6.45) is 3.47. The van der Waals surface area contributed by atoms with Gasteiger partial charge < -0.3 is 10.6 Å². The molecule has 1 aliphatic heterocycles. The third-order valence-corrected chi connectivity index (χ3v) is 4.30. The number of hydrogen-bond donors (Lipinski definition) is 3. The Labute approximate surface area is 158 Å². The summed E-state index contributed by atoms with van der Waals surface area (Å²) >= 11 is 0. The Morgan fingerprint density at radius 1 is 1.30 bits per heavy atom. The number of amides is 1. The van der Waals surface area contributed by atoms with Gasteiger partial charge in [-0.1, -0.05) is 24.8 Å². The first-order chi connectivity index (χ1) is 13.0. The predicted molar refractivity (Wildman–Crippen MR) is 106 cm³/mol. The molecule has 1 heterocycles. The highest BCUT2D eigenvalue weighted by Gasteiger charge is 2.25. The molecule has 1 unspecified atom stereocenters.